The second-order valence-electron chi connectivity index (χ2n) is 4.13. The van der Waals surface area contributed by atoms with Crippen molar-refractivity contribution in [1.29, 1.82) is 0 Å². The van der Waals surface area contributed by atoms with Crippen molar-refractivity contribution < 1.29 is 9.53 Å². The van der Waals surface area contributed by atoms with Crippen molar-refractivity contribution in [3.63, 3.8) is 0 Å². The molecule has 0 heterocycles. The van der Waals surface area contributed by atoms with Gasteiger partial charge in [-0.15, -0.1) is 0 Å². The van der Waals surface area contributed by atoms with E-state index in [2.05, 4.69) is 20.8 Å². The van der Waals surface area contributed by atoms with Crippen LogP contribution in [0.3, 0.4) is 0 Å². The summed E-state index contributed by atoms with van der Waals surface area (Å²) >= 11 is 0. The molecule has 0 saturated carbocycles. The van der Waals surface area contributed by atoms with Crippen LogP contribution in [0.25, 0.3) is 0 Å². The number of benzene rings is 1. The number of aryl methyl sites for hydroxylation is 1. The van der Waals surface area contributed by atoms with Crippen molar-refractivity contribution in [2.45, 2.75) is 32.3 Å². The minimum absolute atomic E-state index is 0.174. The lowest BCUT2D eigenvalue weighted by atomic mass is 10.0. The molecule has 0 bridgehead atoms. The maximum absolute atomic E-state index is 11.6. The van der Waals surface area contributed by atoms with Crippen LogP contribution in [0.2, 0.25) is 0 Å². The van der Waals surface area contributed by atoms with Crippen LogP contribution < -0.4 is 0 Å². The quantitative estimate of drug-likeness (QED) is 0.728. The van der Waals surface area contributed by atoms with E-state index in [4.69, 9.17) is 4.74 Å². The summed E-state index contributed by atoms with van der Waals surface area (Å²) in [5.74, 6) is -0.231. The largest absolute Gasteiger partial charge is 0.462 e. The molecule has 0 aliphatic rings. The molecule has 0 N–H and O–H groups in total. The minimum atomic E-state index is -0.231. The summed E-state index contributed by atoms with van der Waals surface area (Å²) in [5, 5.41) is 0. The Morgan fingerprint density at radius 3 is 2.53 bits per heavy atom. The molecule has 0 aromatic heterocycles. The molecular formula is C15H19O2. The first kappa shape index (κ1) is 13.8. The Labute approximate surface area is 104 Å². The fraction of sp³-hybridized carbons (Fsp3) is 0.333. The molecular weight excluding hydrogens is 212 g/mol. The lowest BCUT2D eigenvalue weighted by molar-refractivity contribution is -0.148. The second-order valence-corrected chi connectivity index (χ2v) is 4.13. The van der Waals surface area contributed by atoms with Gasteiger partial charge in [0.15, 0.2) is 0 Å². The van der Waals surface area contributed by atoms with Crippen LogP contribution in [-0.4, -0.2) is 12.1 Å². The highest BCUT2D eigenvalue weighted by Gasteiger charge is 2.11. The number of carbonyl (C=O) groups is 1. The molecule has 1 aromatic rings. The molecule has 91 valence electrons. The Morgan fingerprint density at radius 2 is 2.00 bits per heavy atom. The fourth-order valence-electron chi connectivity index (χ4n) is 1.49. The SMILES string of the molecule is [CH2]CC(C[CH2])OC(=O)Cc1ccc(C)c([CH2])c1. The average Bonchev–Trinajstić information content (AvgIpc) is 2.31. The Hall–Kier alpha value is -1.31. The Balaban J connectivity index is 2.58. The van der Waals surface area contributed by atoms with Gasteiger partial charge in [0.25, 0.3) is 0 Å². The van der Waals surface area contributed by atoms with Crippen LogP contribution >= 0.6 is 0 Å². The summed E-state index contributed by atoms with van der Waals surface area (Å²) in [6.07, 6.45) is 1.22. The normalized spacial score (nSPS) is 10.6. The van der Waals surface area contributed by atoms with Crippen molar-refractivity contribution in [2.75, 3.05) is 0 Å². The molecule has 1 rings (SSSR count). The molecule has 0 aliphatic carbocycles. The van der Waals surface area contributed by atoms with Gasteiger partial charge in [-0.25, -0.2) is 0 Å². The highest BCUT2D eigenvalue weighted by molar-refractivity contribution is 5.72. The van der Waals surface area contributed by atoms with E-state index in [1.54, 1.807) is 0 Å². The second kappa shape index (κ2) is 6.43. The predicted octanol–water partition coefficient (Wildman–Crippen LogP) is 3.08. The molecule has 1 aromatic carbocycles. The molecule has 0 unspecified atom stereocenters. The predicted molar refractivity (Wildman–Crippen MR) is 69.2 cm³/mol. The molecule has 2 heteroatoms. The molecule has 0 amide bonds. The van der Waals surface area contributed by atoms with E-state index in [0.717, 1.165) is 16.7 Å². The van der Waals surface area contributed by atoms with Crippen molar-refractivity contribution >= 4 is 5.97 Å². The summed E-state index contributed by atoms with van der Waals surface area (Å²) in [6, 6.07) is 5.81. The first-order chi connectivity index (χ1) is 8.06. The van der Waals surface area contributed by atoms with Crippen molar-refractivity contribution in [3.05, 3.63) is 55.7 Å². The van der Waals surface area contributed by atoms with Gasteiger partial charge in [0.1, 0.15) is 6.10 Å². The molecule has 0 saturated heterocycles. The van der Waals surface area contributed by atoms with Crippen LogP contribution in [0.5, 0.6) is 0 Å². The summed E-state index contributed by atoms with van der Waals surface area (Å²) in [5.41, 5.74) is 2.99. The number of ether oxygens (including phenoxy) is 1. The van der Waals surface area contributed by atoms with Gasteiger partial charge in [-0.05, 0) is 57.2 Å². The van der Waals surface area contributed by atoms with E-state index < -0.39 is 0 Å². The number of carbonyl (C=O) groups excluding carboxylic acids is 1. The van der Waals surface area contributed by atoms with Crippen molar-refractivity contribution in [3.8, 4) is 0 Å². The van der Waals surface area contributed by atoms with Gasteiger partial charge >= 0.3 is 5.97 Å². The maximum atomic E-state index is 11.6. The first-order valence-electron chi connectivity index (χ1n) is 5.76. The summed E-state index contributed by atoms with van der Waals surface area (Å²) < 4.78 is 5.24. The van der Waals surface area contributed by atoms with E-state index in [1.807, 2.05) is 25.1 Å². The molecule has 17 heavy (non-hydrogen) atoms. The summed E-state index contributed by atoms with van der Waals surface area (Å²) in [4.78, 5) is 11.6. The third-order valence-electron chi connectivity index (χ3n) is 2.70. The van der Waals surface area contributed by atoms with Gasteiger partial charge < -0.3 is 4.74 Å². The lowest BCUT2D eigenvalue weighted by Gasteiger charge is -2.14. The molecule has 3 radical (unpaired) electrons. The average molecular weight is 231 g/mol. The topological polar surface area (TPSA) is 26.3 Å². The molecule has 0 fully saturated rings. The van der Waals surface area contributed by atoms with E-state index in [9.17, 15) is 4.79 Å². The van der Waals surface area contributed by atoms with E-state index in [0.29, 0.717) is 12.8 Å². The number of hydrogen-bond acceptors (Lipinski definition) is 2. The maximum Gasteiger partial charge on any atom is 0.310 e. The molecule has 2 nitrogen and oxygen atoms in total. The highest BCUT2D eigenvalue weighted by atomic mass is 16.5. The minimum Gasteiger partial charge on any atom is -0.462 e. The van der Waals surface area contributed by atoms with Crippen LogP contribution in [0.15, 0.2) is 18.2 Å². The van der Waals surface area contributed by atoms with Crippen LogP contribution in [0.1, 0.15) is 29.5 Å². The molecule has 0 aliphatic heterocycles. The summed E-state index contributed by atoms with van der Waals surface area (Å²) in [7, 11) is 0. The number of rotatable bonds is 5. The van der Waals surface area contributed by atoms with Crippen molar-refractivity contribution in [1.82, 2.24) is 0 Å². The van der Waals surface area contributed by atoms with Crippen LogP contribution in [-0.2, 0) is 16.0 Å². The van der Waals surface area contributed by atoms with Gasteiger partial charge in [0, 0.05) is 0 Å². The highest BCUT2D eigenvalue weighted by Crippen LogP contribution is 2.12. The Bertz CT molecular complexity index is 379. The van der Waals surface area contributed by atoms with Gasteiger partial charge in [-0.2, -0.15) is 0 Å². The fourth-order valence-corrected chi connectivity index (χ4v) is 1.49. The van der Waals surface area contributed by atoms with Gasteiger partial charge in [-0.3, -0.25) is 4.79 Å². The first-order valence-corrected chi connectivity index (χ1v) is 5.76. The third-order valence-corrected chi connectivity index (χ3v) is 2.70. The lowest BCUT2D eigenvalue weighted by Crippen LogP contribution is -2.18. The third kappa shape index (κ3) is 4.22. The Kier molecular flexibility index (Phi) is 5.20. The summed E-state index contributed by atoms with van der Waals surface area (Å²) in [6.45, 7) is 13.3. The number of hydrogen-bond donors (Lipinski definition) is 0. The number of esters is 1. The standard InChI is InChI=1S/C15H19O2/c1-5-14(6-2)17-15(16)10-13-8-7-11(3)12(4)9-13/h7-9,14H,1-2,4-6,10H2,3H3. The zero-order valence-electron chi connectivity index (χ0n) is 10.4. The van der Waals surface area contributed by atoms with Gasteiger partial charge in [-0.1, -0.05) is 18.2 Å². The zero-order chi connectivity index (χ0) is 12.8. The van der Waals surface area contributed by atoms with Crippen LogP contribution in [0, 0.1) is 27.7 Å². The van der Waals surface area contributed by atoms with Gasteiger partial charge in [0.05, 0.1) is 6.42 Å². The van der Waals surface area contributed by atoms with E-state index in [1.165, 1.54) is 0 Å². The molecule has 0 atom stereocenters. The van der Waals surface area contributed by atoms with Crippen LogP contribution in [0.4, 0.5) is 0 Å². The zero-order valence-corrected chi connectivity index (χ0v) is 10.4. The van der Waals surface area contributed by atoms with E-state index >= 15 is 0 Å². The van der Waals surface area contributed by atoms with Crippen molar-refractivity contribution in [2.24, 2.45) is 0 Å². The monoisotopic (exact) mass is 231 g/mol. The van der Waals surface area contributed by atoms with E-state index in [-0.39, 0.29) is 18.5 Å². The smallest absolute Gasteiger partial charge is 0.310 e. The molecule has 0 spiro atoms. The Morgan fingerprint density at radius 1 is 1.35 bits per heavy atom. The van der Waals surface area contributed by atoms with Gasteiger partial charge in [0.2, 0.25) is 0 Å².